The first kappa shape index (κ1) is 12.6. The van der Waals surface area contributed by atoms with Crippen LogP contribution in [0.1, 0.15) is 10.5 Å². The lowest BCUT2D eigenvalue weighted by Gasteiger charge is -2.35. The molecule has 1 aromatic carbocycles. The second kappa shape index (κ2) is 4.92. The Balaban J connectivity index is 1.99. The number of para-hydroxylation sites is 2. The molecule has 0 bridgehead atoms. The normalized spacial score (nSPS) is 14.1. The molecule has 1 amide bonds. The Labute approximate surface area is 116 Å². The maximum absolute atomic E-state index is 13.2. The number of likely N-dealkylation sites (N-methyl/N-ethyl adjacent to an activating group) is 1. The quantitative estimate of drug-likeness (QED) is 0.747. The van der Waals surface area contributed by atoms with Crippen LogP contribution in [0.25, 0.3) is 0 Å². The molecule has 1 aliphatic rings. The SMILES string of the molecule is CN1CCN(C(=O)c2cccc(F)n2)c2ccccc21. The number of fused-ring (bicyclic) bond motifs is 1. The third-order valence-corrected chi connectivity index (χ3v) is 3.42. The number of nitrogens with zero attached hydrogens (tertiary/aromatic N) is 3. The maximum Gasteiger partial charge on any atom is 0.277 e. The minimum Gasteiger partial charge on any atom is -0.371 e. The summed E-state index contributed by atoms with van der Waals surface area (Å²) in [5, 5.41) is 0. The van der Waals surface area contributed by atoms with E-state index in [0.29, 0.717) is 6.54 Å². The number of carbonyl (C=O) groups is 1. The standard InChI is InChI=1S/C15H14FN3O/c1-18-9-10-19(13-7-3-2-6-12(13)18)15(20)11-5-4-8-14(16)17-11/h2-8H,9-10H2,1H3. The van der Waals surface area contributed by atoms with E-state index in [1.54, 1.807) is 4.90 Å². The van der Waals surface area contributed by atoms with Crippen molar-refractivity contribution in [2.45, 2.75) is 0 Å². The van der Waals surface area contributed by atoms with Gasteiger partial charge in [0, 0.05) is 20.1 Å². The summed E-state index contributed by atoms with van der Waals surface area (Å²) in [7, 11) is 1.99. The van der Waals surface area contributed by atoms with Crippen LogP contribution in [0.4, 0.5) is 15.8 Å². The number of pyridine rings is 1. The molecule has 0 fully saturated rings. The van der Waals surface area contributed by atoms with Gasteiger partial charge in [-0.05, 0) is 24.3 Å². The topological polar surface area (TPSA) is 36.4 Å². The monoisotopic (exact) mass is 271 g/mol. The molecule has 0 N–H and O–H groups in total. The van der Waals surface area contributed by atoms with E-state index in [9.17, 15) is 9.18 Å². The van der Waals surface area contributed by atoms with Gasteiger partial charge in [-0.1, -0.05) is 18.2 Å². The van der Waals surface area contributed by atoms with Crippen LogP contribution in [0.3, 0.4) is 0 Å². The van der Waals surface area contributed by atoms with Crippen LogP contribution in [0.15, 0.2) is 42.5 Å². The Morgan fingerprint density at radius 3 is 2.60 bits per heavy atom. The Morgan fingerprint density at radius 1 is 1.10 bits per heavy atom. The van der Waals surface area contributed by atoms with E-state index in [4.69, 9.17) is 0 Å². The van der Waals surface area contributed by atoms with Crippen molar-refractivity contribution in [3.05, 3.63) is 54.1 Å². The van der Waals surface area contributed by atoms with Gasteiger partial charge in [0.1, 0.15) is 5.69 Å². The van der Waals surface area contributed by atoms with E-state index in [1.165, 1.54) is 18.2 Å². The van der Waals surface area contributed by atoms with E-state index >= 15 is 0 Å². The lowest BCUT2D eigenvalue weighted by molar-refractivity contribution is 0.0981. The fourth-order valence-corrected chi connectivity index (χ4v) is 2.38. The highest BCUT2D eigenvalue weighted by atomic mass is 19.1. The number of hydrogen-bond donors (Lipinski definition) is 0. The van der Waals surface area contributed by atoms with Gasteiger partial charge < -0.3 is 9.80 Å². The summed E-state index contributed by atoms with van der Waals surface area (Å²) >= 11 is 0. The lowest BCUT2D eigenvalue weighted by atomic mass is 10.1. The van der Waals surface area contributed by atoms with E-state index in [-0.39, 0.29) is 11.6 Å². The molecule has 4 nitrogen and oxygen atoms in total. The smallest absolute Gasteiger partial charge is 0.277 e. The predicted octanol–water partition coefficient (Wildman–Crippen LogP) is 2.32. The van der Waals surface area contributed by atoms with Gasteiger partial charge in [0.05, 0.1) is 11.4 Å². The fourth-order valence-electron chi connectivity index (χ4n) is 2.38. The summed E-state index contributed by atoms with van der Waals surface area (Å²) in [6.07, 6.45) is 0. The zero-order valence-electron chi connectivity index (χ0n) is 11.1. The van der Waals surface area contributed by atoms with Gasteiger partial charge >= 0.3 is 0 Å². The summed E-state index contributed by atoms with van der Waals surface area (Å²) in [5.41, 5.74) is 1.95. The van der Waals surface area contributed by atoms with Crippen molar-refractivity contribution in [1.29, 1.82) is 0 Å². The number of rotatable bonds is 1. The van der Waals surface area contributed by atoms with Crippen LogP contribution < -0.4 is 9.80 Å². The molecule has 0 aliphatic carbocycles. The first-order chi connectivity index (χ1) is 9.66. The molecule has 102 valence electrons. The molecule has 2 heterocycles. The lowest BCUT2D eigenvalue weighted by Crippen LogP contribution is -2.43. The Morgan fingerprint density at radius 2 is 1.85 bits per heavy atom. The first-order valence-corrected chi connectivity index (χ1v) is 6.41. The molecule has 2 aromatic rings. The van der Waals surface area contributed by atoms with Crippen LogP contribution in [0, 0.1) is 5.95 Å². The predicted molar refractivity (Wildman–Crippen MR) is 75.6 cm³/mol. The largest absolute Gasteiger partial charge is 0.371 e. The first-order valence-electron chi connectivity index (χ1n) is 6.41. The summed E-state index contributed by atoms with van der Waals surface area (Å²) in [5.74, 6) is -0.914. The molecule has 3 rings (SSSR count). The second-order valence-electron chi connectivity index (χ2n) is 4.71. The second-order valence-corrected chi connectivity index (χ2v) is 4.71. The molecular formula is C15H14FN3O. The van der Waals surface area contributed by atoms with Gasteiger partial charge in [0.2, 0.25) is 5.95 Å². The highest BCUT2D eigenvalue weighted by Crippen LogP contribution is 2.32. The van der Waals surface area contributed by atoms with E-state index < -0.39 is 5.95 Å². The average Bonchev–Trinajstić information content (AvgIpc) is 2.47. The van der Waals surface area contributed by atoms with Gasteiger partial charge in [-0.15, -0.1) is 0 Å². The third-order valence-electron chi connectivity index (χ3n) is 3.42. The van der Waals surface area contributed by atoms with Crippen LogP contribution in [-0.2, 0) is 0 Å². The van der Waals surface area contributed by atoms with Gasteiger partial charge in [-0.2, -0.15) is 4.39 Å². The van der Waals surface area contributed by atoms with Gasteiger partial charge in [0.25, 0.3) is 5.91 Å². The van der Waals surface area contributed by atoms with Crippen molar-refractivity contribution in [3.8, 4) is 0 Å². The molecule has 5 heteroatoms. The van der Waals surface area contributed by atoms with E-state index in [1.807, 2.05) is 31.3 Å². The molecule has 0 saturated carbocycles. The van der Waals surface area contributed by atoms with Crippen molar-refractivity contribution in [3.63, 3.8) is 0 Å². The van der Waals surface area contributed by atoms with E-state index in [2.05, 4.69) is 9.88 Å². The Hall–Kier alpha value is -2.43. The minimum absolute atomic E-state index is 0.129. The number of carbonyl (C=O) groups excluding carboxylic acids is 1. The number of amides is 1. The molecule has 20 heavy (non-hydrogen) atoms. The fraction of sp³-hybridized carbons (Fsp3) is 0.200. The minimum atomic E-state index is -0.640. The van der Waals surface area contributed by atoms with E-state index in [0.717, 1.165) is 17.9 Å². The van der Waals surface area contributed by atoms with Crippen LogP contribution in [-0.4, -0.2) is 31.0 Å². The number of anilines is 2. The highest BCUT2D eigenvalue weighted by Gasteiger charge is 2.26. The molecule has 0 spiro atoms. The molecule has 0 atom stereocenters. The summed E-state index contributed by atoms with van der Waals surface area (Å²) in [6, 6.07) is 11.9. The summed E-state index contributed by atoms with van der Waals surface area (Å²) in [6.45, 7) is 1.29. The van der Waals surface area contributed by atoms with Crippen LogP contribution in [0.2, 0.25) is 0 Å². The highest BCUT2D eigenvalue weighted by molar-refractivity contribution is 6.07. The molecule has 0 radical (unpaired) electrons. The van der Waals surface area contributed by atoms with Crippen molar-refractivity contribution < 1.29 is 9.18 Å². The van der Waals surface area contributed by atoms with Crippen LogP contribution >= 0.6 is 0 Å². The molecular weight excluding hydrogens is 257 g/mol. The summed E-state index contributed by atoms with van der Waals surface area (Å²) in [4.78, 5) is 19.9. The molecule has 0 unspecified atom stereocenters. The van der Waals surface area contributed by atoms with Crippen molar-refractivity contribution >= 4 is 17.3 Å². The third kappa shape index (κ3) is 2.11. The number of hydrogen-bond acceptors (Lipinski definition) is 3. The Kier molecular flexibility index (Phi) is 3.10. The zero-order valence-corrected chi connectivity index (χ0v) is 11.1. The van der Waals surface area contributed by atoms with Crippen molar-refractivity contribution in [2.75, 3.05) is 29.9 Å². The number of benzene rings is 1. The van der Waals surface area contributed by atoms with Crippen LogP contribution in [0.5, 0.6) is 0 Å². The molecule has 0 saturated heterocycles. The summed E-state index contributed by atoms with van der Waals surface area (Å²) < 4.78 is 13.2. The molecule has 1 aromatic heterocycles. The van der Waals surface area contributed by atoms with Crippen molar-refractivity contribution in [1.82, 2.24) is 4.98 Å². The van der Waals surface area contributed by atoms with Gasteiger partial charge in [0.15, 0.2) is 0 Å². The number of halogens is 1. The van der Waals surface area contributed by atoms with Crippen molar-refractivity contribution in [2.24, 2.45) is 0 Å². The maximum atomic E-state index is 13.2. The molecule has 1 aliphatic heterocycles. The van der Waals surface area contributed by atoms with Gasteiger partial charge in [-0.25, -0.2) is 4.98 Å². The Bertz CT molecular complexity index is 659. The average molecular weight is 271 g/mol. The zero-order chi connectivity index (χ0) is 14.1. The van der Waals surface area contributed by atoms with Gasteiger partial charge in [-0.3, -0.25) is 4.79 Å². The number of aromatic nitrogens is 1.